The lowest BCUT2D eigenvalue weighted by Gasteiger charge is -2.36. The highest BCUT2D eigenvalue weighted by molar-refractivity contribution is 7.81. The molecule has 1 saturated heterocycles. The molecule has 1 aromatic carbocycles. The van der Waals surface area contributed by atoms with Gasteiger partial charge in [-0.15, -0.1) is 0 Å². The van der Waals surface area contributed by atoms with Gasteiger partial charge in [-0.3, -0.25) is 9.69 Å². The Hall–Kier alpha value is -1.50. The number of thiol groups is 1. The van der Waals surface area contributed by atoms with Gasteiger partial charge in [-0.25, -0.2) is 4.79 Å². The van der Waals surface area contributed by atoms with Crippen molar-refractivity contribution in [3.8, 4) is 0 Å². The average molecular weight is 356 g/mol. The molecule has 23 heavy (non-hydrogen) atoms. The highest BCUT2D eigenvalue weighted by Gasteiger charge is 2.34. The Kier molecular flexibility index (Phi) is 6.50. The Balaban J connectivity index is 2.31. The maximum atomic E-state index is 12.3. The third kappa shape index (κ3) is 4.28. The summed E-state index contributed by atoms with van der Waals surface area (Å²) < 4.78 is 9.68. The molecule has 0 radical (unpaired) electrons. The van der Waals surface area contributed by atoms with Crippen LogP contribution in [0.4, 0.5) is 0 Å². The molecule has 1 unspecified atom stereocenters. The highest BCUT2D eigenvalue weighted by Crippen LogP contribution is 2.33. The molecule has 1 fully saturated rings. The third-order valence-corrected chi connectivity index (χ3v) is 4.70. The monoisotopic (exact) mass is 355 g/mol. The van der Waals surface area contributed by atoms with E-state index in [1.807, 2.05) is 23.1 Å². The molecular formula is C16H18ClNO4S. The number of hydrogen-bond donors (Lipinski definition) is 1. The predicted molar refractivity (Wildman–Crippen MR) is 90.4 cm³/mol. The molecule has 124 valence electrons. The number of ether oxygens (including phenoxy) is 2. The fraction of sp³-hybridized carbons (Fsp3) is 0.375. The Morgan fingerprint density at radius 1 is 1.48 bits per heavy atom. The van der Waals surface area contributed by atoms with E-state index < -0.39 is 6.04 Å². The van der Waals surface area contributed by atoms with E-state index in [1.165, 1.54) is 13.4 Å². The van der Waals surface area contributed by atoms with Crippen molar-refractivity contribution in [1.29, 1.82) is 0 Å². The molecule has 0 N–H and O–H groups in total. The number of benzene rings is 1. The SMILES string of the molecule is COC(=O)[C@H](c1ccccc1Cl)N1CCC(S)/C(=C\OC=O)C1. The second-order valence-corrected chi connectivity index (χ2v) is 6.18. The van der Waals surface area contributed by atoms with Gasteiger partial charge in [-0.1, -0.05) is 29.8 Å². The zero-order chi connectivity index (χ0) is 16.8. The molecule has 0 amide bonds. The molecule has 0 aliphatic carbocycles. The van der Waals surface area contributed by atoms with Gasteiger partial charge in [0.2, 0.25) is 0 Å². The van der Waals surface area contributed by atoms with Gasteiger partial charge in [0.05, 0.1) is 13.4 Å². The number of halogens is 1. The zero-order valence-corrected chi connectivity index (χ0v) is 14.3. The van der Waals surface area contributed by atoms with Crippen LogP contribution in [0, 0.1) is 0 Å². The van der Waals surface area contributed by atoms with E-state index in [0.29, 0.717) is 30.1 Å². The zero-order valence-electron chi connectivity index (χ0n) is 12.6. The average Bonchev–Trinajstić information content (AvgIpc) is 2.56. The second-order valence-electron chi connectivity index (χ2n) is 5.15. The minimum Gasteiger partial charge on any atom is -0.468 e. The van der Waals surface area contributed by atoms with Gasteiger partial charge in [0.1, 0.15) is 6.04 Å². The molecule has 5 nitrogen and oxygen atoms in total. The van der Waals surface area contributed by atoms with Crippen LogP contribution >= 0.6 is 24.2 Å². The Bertz CT molecular complexity index is 607. The summed E-state index contributed by atoms with van der Waals surface area (Å²) in [4.78, 5) is 24.7. The molecule has 1 aliphatic heterocycles. The lowest BCUT2D eigenvalue weighted by atomic mass is 9.99. The van der Waals surface area contributed by atoms with Crippen molar-refractivity contribution in [3.63, 3.8) is 0 Å². The van der Waals surface area contributed by atoms with Crippen molar-refractivity contribution in [3.05, 3.63) is 46.7 Å². The normalized spacial score (nSPS) is 21.7. The quantitative estimate of drug-likeness (QED) is 0.381. The smallest absolute Gasteiger partial charge is 0.327 e. The van der Waals surface area contributed by atoms with Crippen LogP contribution in [0.15, 0.2) is 36.1 Å². The van der Waals surface area contributed by atoms with Crippen LogP contribution in [0.25, 0.3) is 0 Å². The Labute approximate surface area is 145 Å². The summed E-state index contributed by atoms with van der Waals surface area (Å²) in [5.41, 5.74) is 1.52. The molecule has 0 bridgehead atoms. The third-order valence-electron chi connectivity index (χ3n) is 3.77. The van der Waals surface area contributed by atoms with Gasteiger partial charge in [0.15, 0.2) is 0 Å². The molecule has 2 rings (SSSR count). The van der Waals surface area contributed by atoms with E-state index in [4.69, 9.17) is 21.1 Å². The van der Waals surface area contributed by atoms with E-state index in [-0.39, 0.29) is 11.2 Å². The minimum atomic E-state index is -0.617. The lowest BCUT2D eigenvalue weighted by Crippen LogP contribution is -2.42. The van der Waals surface area contributed by atoms with Crippen LogP contribution in [0.1, 0.15) is 18.0 Å². The minimum absolute atomic E-state index is 0.0178. The van der Waals surface area contributed by atoms with Gasteiger partial charge < -0.3 is 9.47 Å². The summed E-state index contributed by atoms with van der Waals surface area (Å²) in [6, 6.07) is 6.57. The van der Waals surface area contributed by atoms with E-state index in [2.05, 4.69) is 12.6 Å². The van der Waals surface area contributed by atoms with Crippen molar-refractivity contribution in [2.75, 3.05) is 20.2 Å². The van der Waals surface area contributed by atoms with Crippen molar-refractivity contribution in [1.82, 2.24) is 4.90 Å². The van der Waals surface area contributed by atoms with E-state index >= 15 is 0 Å². The van der Waals surface area contributed by atoms with E-state index in [0.717, 1.165) is 12.0 Å². The number of piperidine rings is 1. The van der Waals surface area contributed by atoms with Crippen LogP contribution in [0.2, 0.25) is 5.02 Å². The van der Waals surface area contributed by atoms with Crippen LogP contribution < -0.4 is 0 Å². The number of hydrogen-bond acceptors (Lipinski definition) is 6. The first kappa shape index (κ1) is 17.8. The molecule has 0 spiro atoms. The highest BCUT2D eigenvalue weighted by atomic mass is 35.5. The Morgan fingerprint density at radius 2 is 2.22 bits per heavy atom. The van der Waals surface area contributed by atoms with Crippen LogP contribution in [0.5, 0.6) is 0 Å². The summed E-state index contributed by atoms with van der Waals surface area (Å²) in [6.07, 6.45) is 2.10. The molecule has 0 aromatic heterocycles. The number of rotatable bonds is 5. The van der Waals surface area contributed by atoms with Gasteiger partial charge in [0, 0.05) is 23.4 Å². The molecule has 1 heterocycles. The van der Waals surface area contributed by atoms with Crippen molar-refractivity contribution in [2.24, 2.45) is 0 Å². The van der Waals surface area contributed by atoms with Crippen LogP contribution in [-0.2, 0) is 19.1 Å². The first-order valence-electron chi connectivity index (χ1n) is 7.11. The molecular weight excluding hydrogens is 338 g/mol. The number of carbonyl (C=O) groups is 2. The largest absolute Gasteiger partial charge is 0.468 e. The van der Waals surface area contributed by atoms with Gasteiger partial charge in [-0.2, -0.15) is 12.6 Å². The number of likely N-dealkylation sites (tertiary alicyclic amines) is 1. The molecule has 2 atom stereocenters. The maximum absolute atomic E-state index is 12.3. The summed E-state index contributed by atoms with van der Waals surface area (Å²) in [6.45, 7) is 1.45. The molecule has 1 aromatic rings. The number of carbonyl (C=O) groups excluding carboxylic acids is 2. The standard InChI is InChI=1S/C16H18ClNO4S/c1-21-16(20)15(12-4-2-3-5-13(12)17)18-7-6-14(23)11(8-18)9-22-10-19/h2-5,9-10,14-15,23H,6-8H2,1H3/b11-9-/t14?,15-/m0/s1. The fourth-order valence-electron chi connectivity index (χ4n) is 2.63. The van der Waals surface area contributed by atoms with Crippen molar-refractivity contribution in [2.45, 2.75) is 17.7 Å². The summed E-state index contributed by atoms with van der Waals surface area (Å²) in [5.74, 6) is -0.383. The van der Waals surface area contributed by atoms with E-state index in [1.54, 1.807) is 6.07 Å². The summed E-state index contributed by atoms with van der Waals surface area (Å²) in [7, 11) is 1.35. The van der Waals surface area contributed by atoms with Crippen molar-refractivity contribution >= 4 is 36.7 Å². The van der Waals surface area contributed by atoms with E-state index in [9.17, 15) is 9.59 Å². The second kappa shape index (κ2) is 8.38. The van der Waals surface area contributed by atoms with Gasteiger partial charge >= 0.3 is 5.97 Å². The number of methoxy groups -OCH3 is 1. The number of nitrogens with zero attached hydrogens (tertiary/aromatic N) is 1. The first-order chi connectivity index (χ1) is 11.1. The summed E-state index contributed by atoms with van der Waals surface area (Å²) >= 11 is 10.7. The van der Waals surface area contributed by atoms with Gasteiger partial charge in [0.25, 0.3) is 6.47 Å². The first-order valence-corrected chi connectivity index (χ1v) is 8.00. The lowest BCUT2D eigenvalue weighted by molar-refractivity contribution is -0.147. The predicted octanol–water partition coefficient (Wildman–Crippen LogP) is 2.62. The van der Waals surface area contributed by atoms with Gasteiger partial charge in [-0.05, 0) is 23.6 Å². The van der Waals surface area contributed by atoms with Crippen LogP contribution in [0.3, 0.4) is 0 Å². The fourth-order valence-corrected chi connectivity index (χ4v) is 3.12. The number of esters is 1. The maximum Gasteiger partial charge on any atom is 0.327 e. The summed E-state index contributed by atoms with van der Waals surface area (Å²) in [5, 5.41) is 0.487. The molecule has 1 aliphatic rings. The molecule has 0 saturated carbocycles. The molecule has 7 heteroatoms. The van der Waals surface area contributed by atoms with Crippen molar-refractivity contribution < 1.29 is 19.1 Å². The topological polar surface area (TPSA) is 55.8 Å². The Morgan fingerprint density at radius 3 is 2.87 bits per heavy atom. The van der Waals surface area contributed by atoms with Crippen LogP contribution in [-0.4, -0.2) is 42.8 Å².